The van der Waals surface area contributed by atoms with Crippen LogP contribution in [0.1, 0.15) is 75.1 Å². The number of anilines is 1. The molecular formula is C43H61N3O7. The Balaban J connectivity index is 1.24. The number of piperidine rings is 1. The second kappa shape index (κ2) is 19.1. The number of aliphatic hydroxyl groups excluding tert-OH is 1. The number of ether oxygens (including phenoxy) is 5. The molecule has 2 aliphatic heterocycles. The summed E-state index contributed by atoms with van der Waals surface area (Å²) in [6, 6.07) is 21.7. The van der Waals surface area contributed by atoms with Crippen LogP contribution in [0.5, 0.6) is 11.5 Å². The van der Waals surface area contributed by atoms with E-state index in [0.717, 1.165) is 60.7 Å². The number of methoxy groups -OCH3 is 2. The molecule has 0 aliphatic carbocycles. The smallest absolute Gasteiger partial charge is 0.239 e. The maximum atomic E-state index is 13.5. The van der Waals surface area contributed by atoms with E-state index in [4.69, 9.17) is 29.4 Å². The van der Waals surface area contributed by atoms with E-state index in [0.29, 0.717) is 39.4 Å². The zero-order valence-corrected chi connectivity index (χ0v) is 32.6. The lowest BCUT2D eigenvalue weighted by atomic mass is 9.84. The van der Waals surface area contributed by atoms with Gasteiger partial charge in [0.15, 0.2) is 0 Å². The Hall–Kier alpha value is -3.67. The molecule has 3 N–H and O–H groups in total. The number of aliphatic hydroxyl groups is 1. The van der Waals surface area contributed by atoms with Gasteiger partial charge in [-0.1, -0.05) is 70.2 Å². The van der Waals surface area contributed by atoms with Gasteiger partial charge >= 0.3 is 0 Å². The monoisotopic (exact) mass is 731 g/mol. The number of fused-ring (bicyclic) bond motifs is 1. The summed E-state index contributed by atoms with van der Waals surface area (Å²) in [7, 11) is 3.40. The Morgan fingerprint density at radius 3 is 2.47 bits per heavy atom. The lowest BCUT2D eigenvalue weighted by Gasteiger charge is -2.42. The summed E-state index contributed by atoms with van der Waals surface area (Å²) >= 11 is 0. The Labute approximate surface area is 316 Å². The number of nitrogens with two attached hydrogens (primary N) is 1. The van der Waals surface area contributed by atoms with Crippen molar-refractivity contribution in [2.75, 3.05) is 65.1 Å². The topological polar surface area (TPSA) is 116 Å². The van der Waals surface area contributed by atoms with Gasteiger partial charge in [0.05, 0.1) is 51.8 Å². The minimum atomic E-state index is -0.826. The molecule has 3 aromatic rings. The predicted molar refractivity (Wildman–Crippen MR) is 209 cm³/mol. The predicted octanol–water partition coefficient (Wildman–Crippen LogP) is 6.06. The summed E-state index contributed by atoms with van der Waals surface area (Å²) in [4.78, 5) is 17.6. The molecule has 4 atom stereocenters. The molecule has 0 bridgehead atoms. The third kappa shape index (κ3) is 10.7. The summed E-state index contributed by atoms with van der Waals surface area (Å²) in [6.07, 6.45) is 1.02. The van der Waals surface area contributed by atoms with Crippen LogP contribution in [0.25, 0.3) is 0 Å². The second-order valence-electron chi connectivity index (χ2n) is 15.6. The summed E-state index contributed by atoms with van der Waals surface area (Å²) in [5, 5.41) is 11.6. The highest BCUT2D eigenvalue weighted by Crippen LogP contribution is 2.41. The SMILES string of the molecule is COCCCN1CC(C)(C)c2ccc(CO[C@H]3CN(C(=O)[C@@H](N)CC(C)C)C[C@@H](O)[C@@H]3c3ccc(OCCCOCc4ccccc4OC)cc3)cc21. The lowest BCUT2D eigenvalue weighted by Crippen LogP contribution is -2.57. The van der Waals surface area contributed by atoms with Crippen LogP contribution in [-0.4, -0.2) is 94.4 Å². The molecule has 2 heterocycles. The first kappa shape index (κ1) is 40.5. The van der Waals surface area contributed by atoms with Crippen molar-refractivity contribution in [3.63, 3.8) is 0 Å². The molecule has 2 aliphatic rings. The van der Waals surface area contributed by atoms with Crippen LogP contribution in [0.15, 0.2) is 66.7 Å². The summed E-state index contributed by atoms with van der Waals surface area (Å²) in [6.45, 7) is 13.8. The molecule has 1 saturated heterocycles. The van der Waals surface area contributed by atoms with E-state index in [1.807, 2.05) is 48.5 Å². The number of likely N-dealkylation sites (tertiary alicyclic amines) is 1. The number of nitrogens with zero attached hydrogens (tertiary/aromatic N) is 2. The third-order valence-electron chi connectivity index (χ3n) is 10.4. The normalized spacial score (nSPS) is 20.1. The van der Waals surface area contributed by atoms with Crippen molar-refractivity contribution in [3.8, 4) is 11.5 Å². The summed E-state index contributed by atoms with van der Waals surface area (Å²) in [5.74, 6) is 1.37. The molecule has 3 aromatic carbocycles. The zero-order valence-electron chi connectivity index (χ0n) is 32.6. The van der Waals surface area contributed by atoms with E-state index in [1.54, 1.807) is 19.1 Å². The quantitative estimate of drug-likeness (QED) is 0.142. The van der Waals surface area contributed by atoms with Crippen molar-refractivity contribution in [1.82, 2.24) is 4.90 Å². The van der Waals surface area contributed by atoms with Gasteiger partial charge in [-0.15, -0.1) is 0 Å². The molecule has 1 fully saturated rings. The van der Waals surface area contributed by atoms with Crippen LogP contribution in [0.2, 0.25) is 0 Å². The van der Waals surface area contributed by atoms with Crippen LogP contribution in [0, 0.1) is 5.92 Å². The summed E-state index contributed by atoms with van der Waals surface area (Å²) in [5.41, 5.74) is 12.0. The fourth-order valence-electron chi connectivity index (χ4n) is 7.70. The van der Waals surface area contributed by atoms with Gasteiger partial charge in [0, 0.05) is 68.9 Å². The fourth-order valence-corrected chi connectivity index (χ4v) is 7.70. The van der Waals surface area contributed by atoms with Gasteiger partial charge in [-0.05, 0) is 59.7 Å². The van der Waals surface area contributed by atoms with Crippen molar-refractivity contribution >= 4 is 11.6 Å². The van der Waals surface area contributed by atoms with Gasteiger partial charge in [-0.3, -0.25) is 4.79 Å². The van der Waals surface area contributed by atoms with Crippen LogP contribution in [-0.2, 0) is 37.6 Å². The van der Waals surface area contributed by atoms with E-state index >= 15 is 0 Å². The average molecular weight is 732 g/mol. The Morgan fingerprint density at radius 1 is 0.962 bits per heavy atom. The number of β-amino-alcohol motifs (C(OH)–C–C–N with tert-alkyl or cyclic N) is 1. The fraction of sp³-hybridized carbons (Fsp3) is 0.558. The molecule has 10 nitrogen and oxygen atoms in total. The molecular weight excluding hydrogens is 670 g/mol. The number of carbonyl (C=O) groups is 1. The molecule has 10 heteroatoms. The molecule has 53 heavy (non-hydrogen) atoms. The first-order chi connectivity index (χ1) is 25.5. The molecule has 0 saturated carbocycles. The van der Waals surface area contributed by atoms with Crippen LogP contribution < -0.4 is 20.1 Å². The number of benzene rings is 3. The molecule has 5 rings (SSSR count). The molecule has 0 aromatic heterocycles. The number of para-hydroxylation sites is 1. The van der Waals surface area contributed by atoms with Crippen LogP contribution >= 0.6 is 0 Å². The van der Waals surface area contributed by atoms with Gasteiger partial charge in [0.1, 0.15) is 11.5 Å². The van der Waals surface area contributed by atoms with Crippen molar-refractivity contribution in [3.05, 3.63) is 89.0 Å². The average Bonchev–Trinajstić information content (AvgIpc) is 3.40. The largest absolute Gasteiger partial charge is 0.496 e. The van der Waals surface area contributed by atoms with Crippen molar-refractivity contribution in [2.24, 2.45) is 11.7 Å². The summed E-state index contributed by atoms with van der Waals surface area (Å²) < 4.78 is 29.3. The standard InChI is InChI=1S/C43H61N3O7/c1-30(2)23-36(44)42(48)46-25-38(47)41(32-14-16-34(17-15-32)52-22-10-21-51-28-33-11-7-8-12-39(33)50-6)40(26-46)53-27-31-13-18-35-37(24-31)45(19-9-20-49-5)29-43(35,3)4/h7-8,11-18,24,30,36,38,40-41,47H,9-10,19-23,25-29,44H2,1-6H3/t36-,38+,40-,41-/m0/s1. The van der Waals surface area contributed by atoms with Crippen molar-refractivity contribution < 1.29 is 33.6 Å². The molecule has 0 radical (unpaired) electrons. The highest BCUT2D eigenvalue weighted by molar-refractivity contribution is 5.82. The van der Waals surface area contributed by atoms with E-state index in [-0.39, 0.29) is 29.7 Å². The van der Waals surface area contributed by atoms with E-state index < -0.39 is 18.2 Å². The lowest BCUT2D eigenvalue weighted by molar-refractivity contribution is -0.143. The zero-order chi connectivity index (χ0) is 38.0. The minimum Gasteiger partial charge on any atom is -0.496 e. The van der Waals surface area contributed by atoms with Crippen LogP contribution in [0.4, 0.5) is 5.69 Å². The third-order valence-corrected chi connectivity index (χ3v) is 10.4. The number of rotatable bonds is 19. The minimum absolute atomic E-state index is 0.0522. The van der Waals surface area contributed by atoms with E-state index in [1.165, 1.54) is 11.3 Å². The number of hydrogen-bond donors (Lipinski definition) is 2. The Kier molecular flexibility index (Phi) is 14.6. The molecule has 290 valence electrons. The van der Waals surface area contributed by atoms with Gasteiger partial charge in [0.25, 0.3) is 0 Å². The van der Waals surface area contributed by atoms with Crippen molar-refractivity contribution in [2.45, 2.75) is 89.8 Å². The number of carbonyl (C=O) groups excluding carboxylic acids is 1. The Bertz CT molecular complexity index is 1600. The Morgan fingerprint density at radius 2 is 1.74 bits per heavy atom. The van der Waals surface area contributed by atoms with Gasteiger partial charge in [0.2, 0.25) is 5.91 Å². The molecule has 0 spiro atoms. The number of hydrogen-bond acceptors (Lipinski definition) is 9. The maximum Gasteiger partial charge on any atom is 0.239 e. The highest BCUT2D eigenvalue weighted by atomic mass is 16.5. The van der Waals surface area contributed by atoms with Crippen molar-refractivity contribution in [1.29, 1.82) is 0 Å². The molecule has 1 amide bonds. The van der Waals surface area contributed by atoms with Crippen LogP contribution in [0.3, 0.4) is 0 Å². The number of amides is 1. The first-order valence-electron chi connectivity index (χ1n) is 19.1. The molecule has 0 unspecified atom stereocenters. The van der Waals surface area contributed by atoms with Gasteiger partial charge < -0.3 is 44.3 Å². The van der Waals surface area contributed by atoms with E-state index in [9.17, 15) is 9.90 Å². The maximum absolute atomic E-state index is 13.5. The highest BCUT2D eigenvalue weighted by Gasteiger charge is 2.41. The van der Waals surface area contributed by atoms with Gasteiger partial charge in [-0.2, -0.15) is 0 Å². The second-order valence-corrected chi connectivity index (χ2v) is 15.6. The first-order valence-corrected chi connectivity index (χ1v) is 19.1. The van der Waals surface area contributed by atoms with Gasteiger partial charge in [-0.25, -0.2) is 0 Å². The van der Waals surface area contributed by atoms with E-state index in [2.05, 4.69) is 50.8 Å².